The van der Waals surface area contributed by atoms with Crippen molar-refractivity contribution in [1.82, 2.24) is 15.1 Å². The molecule has 4 rings (SSSR count). The number of aryl methyl sites for hydroxylation is 2. The predicted molar refractivity (Wildman–Crippen MR) is 101 cm³/mol. The van der Waals surface area contributed by atoms with Crippen LogP contribution in [0.4, 0.5) is 0 Å². The topological polar surface area (TPSA) is 59.2 Å². The first-order valence-corrected chi connectivity index (χ1v) is 9.73. The fraction of sp³-hybridized carbons (Fsp3) is 0.350. The minimum atomic E-state index is 0.0794. The zero-order valence-corrected chi connectivity index (χ0v) is 15.8. The van der Waals surface area contributed by atoms with Gasteiger partial charge in [0, 0.05) is 18.7 Å². The second-order valence-electron chi connectivity index (χ2n) is 6.81. The van der Waals surface area contributed by atoms with Crippen LogP contribution in [-0.2, 0) is 0 Å². The van der Waals surface area contributed by atoms with Crippen molar-refractivity contribution < 1.29 is 9.21 Å². The monoisotopic (exact) mass is 367 g/mol. The SMILES string of the molecule is Cc1ccc(C(=O)N2CCCC(c3nnc(-c4cccs4)o3)C2)cc1C. The number of aromatic nitrogens is 2. The molecule has 26 heavy (non-hydrogen) atoms. The predicted octanol–water partition coefficient (Wildman–Crippen LogP) is 4.43. The van der Waals surface area contributed by atoms with E-state index in [1.165, 1.54) is 5.56 Å². The number of hydrogen-bond donors (Lipinski definition) is 0. The number of piperidine rings is 1. The van der Waals surface area contributed by atoms with Crippen molar-refractivity contribution in [2.24, 2.45) is 0 Å². The molecule has 1 fully saturated rings. The van der Waals surface area contributed by atoms with Crippen LogP contribution in [0.25, 0.3) is 10.8 Å². The molecule has 134 valence electrons. The Morgan fingerprint density at radius 1 is 1.23 bits per heavy atom. The molecule has 1 aliphatic heterocycles. The van der Waals surface area contributed by atoms with E-state index in [0.717, 1.165) is 35.4 Å². The molecule has 0 saturated carbocycles. The first-order chi connectivity index (χ1) is 12.6. The molecule has 3 aromatic rings. The number of benzene rings is 1. The van der Waals surface area contributed by atoms with Gasteiger partial charge in [-0.15, -0.1) is 21.5 Å². The van der Waals surface area contributed by atoms with E-state index in [4.69, 9.17) is 4.42 Å². The molecule has 3 heterocycles. The number of amides is 1. The van der Waals surface area contributed by atoms with Gasteiger partial charge < -0.3 is 9.32 Å². The van der Waals surface area contributed by atoms with Crippen LogP contribution < -0.4 is 0 Å². The average molecular weight is 367 g/mol. The van der Waals surface area contributed by atoms with Crippen LogP contribution >= 0.6 is 11.3 Å². The quantitative estimate of drug-likeness (QED) is 0.687. The number of thiophene rings is 1. The molecule has 1 aliphatic rings. The smallest absolute Gasteiger partial charge is 0.257 e. The zero-order chi connectivity index (χ0) is 18.1. The molecule has 0 aliphatic carbocycles. The Morgan fingerprint density at radius 2 is 2.12 bits per heavy atom. The summed E-state index contributed by atoms with van der Waals surface area (Å²) in [4.78, 5) is 15.8. The van der Waals surface area contributed by atoms with Crippen LogP contribution in [0.2, 0.25) is 0 Å². The van der Waals surface area contributed by atoms with Crippen molar-refractivity contribution in [2.45, 2.75) is 32.6 Å². The maximum Gasteiger partial charge on any atom is 0.257 e. The molecular formula is C20H21N3O2S. The minimum absolute atomic E-state index is 0.0794. The minimum Gasteiger partial charge on any atom is -0.420 e. The Hall–Kier alpha value is -2.47. The molecule has 0 bridgehead atoms. The highest BCUT2D eigenvalue weighted by atomic mass is 32.1. The first-order valence-electron chi connectivity index (χ1n) is 8.85. The van der Waals surface area contributed by atoms with Gasteiger partial charge in [0.05, 0.1) is 10.8 Å². The molecule has 1 saturated heterocycles. The van der Waals surface area contributed by atoms with E-state index in [2.05, 4.69) is 17.1 Å². The van der Waals surface area contributed by atoms with E-state index >= 15 is 0 Å². The summed E-state index contributed by atoms with van der Waals surface area (Å²) in [6.07, 6.45) is 1.90. The zero-order valence-electron chi connectivity index (χ0n) is 14.9. The third-order valence-corrected chi connectivity index (χ3v) is 5.84. The molecular weight excluding hydrogens is 346 g/mol. The van der Waals surface area contributed by atoms with Crippen molar-refractivity contribution in [3.63, 3.8) is 0 Å². The number of likely N-dealkylation sites (tertiary alicyclic amines) is 1. The maximum absolute atomic E-state index is 12.9. The van der Waals surface area contributed by atoms with Crippen LogP contribution in [0, 0.1) is 13.8 Å². The Morgan fingerprint density at radius 3 is 2.88 bits per heavy atom. The van der Waals surface area contributed by atoms with Gasteiger partial charge in [-0.2, -0.15) is 0 Å². The fourth-order valence-corrected chi connectivity index (χ4v) is 3.96. The van der Waals surface area contributed by atoms with E-state index in [9.17, 15) is 4.79 Å². The third-order valence-electron chi connectivity index (χ3n) is 4.98. The number of carbonyl (C=O) groups is 1. The van der Waals surface area contributed by atoms with Crippen molar-refractivity contribution in [3.05, 3.63) is 58.3 Å². The van der Waals surface area contributed by atoms with Gasteiger partial charge in [-0.1, -0.05) is 12.1 Å². The normalized spacial score (nSPS) is 17.5. The van der Waals surface area contributed by atoms with Crippen molar-refractivity contribution in [3.8, 4) is 10.8 Å². The molecule has 2 aromatic heterocycles. The molecule has 0 N–H and O–H groups in total. The lowest BCUT2D eigenvalue weighted by molar-refractivity contribution is 0.0698. The summed E-state index contributed by atoms with van der Waals surface area (Å²) in [6.45, 7) is 5.49. The highest BCUT2D eigenvalue weighted by Crippen LogP contribution is 2.30. The van der Waals surface area contributed by atoms with E-state index in [-0.39, 0.29) is 11.8 Å². The van der Waals surface area contributed by atoms with Crippen LogP contribution in [-0.4, -0.2) is 34.1 Å². The summed E-state index contributed by atoms with van der Waals surface area (Å²) in [5.41, 5.74) is 3.09. The number of rotatable bonds is 3. The van der Waals surface area contributed by atoms with Crippen molar-refractivity contribution in [2.75, 3.05) is 13.1 Å². The summed E-state index contributed by atoms with van der Waals surface area (Å²) in [7, 11) is 0. The number of hydrogen-bond acceptors (Lipinski definition) is 5. The standard InChI is InChI=1S/C20H21N3O2S/c1-13-7-8-15(11-14(13)2)20(24)23-9-3-5-16(12-23)18-21-22-19(25-18)17-6-4-10-26-17/h4,6-8,10-11,16H,3,5,9,12H2,1-2H3. The second-order valence-corrected chi connectivity index (χ2v) is 7.76. The van der Waals surface area contributed by atoms with E-state index in [1.54, 1.807) is 11.3 Å². The van der Waals surface area contributed by atoms with Crippen molar-refractivity contribution in [1.29, 1.82) is 0 Å². The van der Waals surface area contributed by atoms with Gasteiger partial charge in [-0.25, -0.2) is 0 Å². The Balaban J connectivity index is 1.50. The van der Waals surface area contributed by atoms with Gasteiger partial charge in [0.15, 0.2) is 0 Å². The maximum atomic E-state index is 12.9. The van der Waals surface area contributed by atoms with Crippen LogP contribution in [0.1, 0.15) is 46.1 Å². The highest BCUT2D eigenvalue weighted by molar-refractivity contribution is 7.13. The summed E-state index contributed by atoms with van der Waals surface area (Å²) in [6, 6.07) is 9.83. The summed E-state index contributed by atoms with van der Waals surface area (Å²) in [5, 5.41) is 10.4. The lowest BCUT2D eigenvalue weighted by atomic mass is 9.97. The average Bonchev–Trinajstić information content (AvgIpc) is 3.35. The number of carbonyl (C=O) groups excluding carboxylic acids is 1. The largest absolute Gasteiger partial charge is 0.420 e. The van der Waals surface area contributed by atoms with Gasteiger partial charge in [-0.05, 0) is 61.4 Å². The van der Waals surface area contributed by atoms with E-state index in [0.29, 0.717) is 18.3 Å². The van der Waals surface area contributed by atoms with Gasteiger partial charge in [0.1, 0.15) is 0 Å². The van der Waals surface area contributed by atoms with Gasteiger partial charge in [0.25, 0.3) is 11.8 Å². The van der Waals surface area contributed by atoms with Crippen LogP contribution in [0.15, 0.2) is 40.1 Å². The van der Waals surface area contributed by atoms with E-state index < -0.39 is 0 Å². The van der Waals surface area contributed by atoms with Crippen LogP contribution in [0.5, 0.6) is 0 Å². The van der Waals surface area contributed by atoms with Gasteiger partial charge in [-0.3, -0.25) is 4.79 Å². The lowest BCUT2D eigenvalue weighted by Crippen LogP contribution is -2.39. The summed E-state index contributed by atoms with van der Waals surface area (Å²) >= 11 is 1.58. The van der Waals surface area contributed by atoms with Gasteiger partial charge >= 0.3 is 0 Å². The molecule has 6 heteroatoms. The Labute approximate surface area is 156 Å². The highest BCUT2D eigenvalue weighted by Gasteiger charge is 2.29. The lowest BCUT2D eigenvalue weighted by Gasteiger charge is -2.31. The molecule has 1 amide bonds. The fourth-order valence-electron chi connectivity index (χ4n) is 3.32. The van der Waals surface area contributed by atoms with E-state index in [1.807, 2.05) is 47.5 Å². The molecule has 0 spiro atoms. The third kappa shape index (κ3) is 3.29. The van der Waals surface area contributed by atoms with Gasteiger partial charge in [0.2, 0.25) is 5.89 Å². The molecule has 1 aromatic carbocycles. The number of nitrogens with zero attached hydrogens (tertiary/aromatic N) is 3. The first kappa shape index (κ1) is 17.0. The Bertz CT molecular complexity index is 917. The summed E-state index contributed by atoms with van der Waals surface area (Å²) in [5.74, 6) is 1.37. The second kappa shape index (κ2) is 7.03. The molecule has 1 atom stereocenters. The van der Waals surface area contributed by atoms with Crippen LogP contribution in [0.3, 0.4) is 0 Å². The molecule has 1 unspecified atom stereocenters. The molecule has 0 radical (unpaired) electrons. The van der Waals surface area contributed by atoms with Crippen molar-refractivity contribution >= 4 is 17.2 Å². The Kier molecular flexibility index (Phi) is 4.59. The summed E-state index contributed by atoms with van der Waals surface area (Å²) < 4.78 is 5.89. The molecule has 5 nitrogen and oxygen atoms in total.